The van der Waals surface area contributed by atoms with E-state index in [0.717, 1.165) is 31.2 Å². The van der Waals surface area contributed by atoms with E-state index in [1.54, 1.807) is 18.7 Å². The molecule has 1 unspecified atom stereocenters. The van der Waals surface area contributed by atoms with Crippen LogP contribution in [0.3, 0.4) is 0 Å². The zero-order valence-electron chi connectivity index (χ0n) is 20.7. The number of nitrogens with one attached hydrogen (secondary N) is 1. The Bertz CT molecular complexity index is 1090. The maximum absolute atomic E-state index is 13.8. The van der Waals surface area contributed by atoms with Crippen molar-refractivity contribution in [2.24, 2.45) is 0 Å². The van der Waals surface area contributed by atoms with Gasteiger partial charge in [-0.15, -0.1) is 0 Å². The molecule has 1 atom stereocenters. The number of hydrogen-bond acceptors (Lipinski definition) is 6. The molecule has 1 saturated carbocycles. The summed E-state index contributed by atoms with van der Waals surface area (Å²) in [6, 6.07) is 9.05. The summed E-state index contributed by atoms with van der Waals surface area (Å²) < 4.78 is 12.3. The fourth-order valence-corrected chi connectivity index (χ4v) is 4.88. The van der Waals surface area contributed by atoms with E-state index in [1.807, 2.05) is 31.2 Å². The molecule has 1 fully saturated rings. The lowest BCUT2D eigenvalue weighted by atomic mass is 9.91. The van der Waals surface area contributed by atoms with Crippen LogP contribution in [0.5, 0.6) is 5.75 Å². The van der Waals surface area contributed by atoms with Gasteiger partial charge in [0.2, 0.25) is 5.91 Å². The number of amides is 2. The second-order valence-electron chi connectivity index (χ2n) is 9.31. The number of carbonyl (C=O) groups is 3. The summed E-state index contributed by atoms with van der Waals surface area (Å²) in [7, 11) is 0. The zero-order valence-corrected chi connectivity index (χ0v) is 20.7. The lowest BCUT2D eigenvalue weighted by Crippen LogP contribution is -2.64. The SMILES string of the molecule is CCOC(=O)c1cc2n(n1)CC(C)(C(=O)NC1CCCCC1)N(Cc1ccccc1OCC)C2=O. The van der Waals surface area contributed by atoms with Gasteiger partial charge in [0, 0.05) is 17.7 Å². The number of rotatable bonds is 8. The monoisotopic (exact) mass is 482 g/mol. The van der Waals surface area contributed by atoms with Crippen LogP contribution in [0.2, 0.25) is 0 Å². The Morgan fingerprint density at radius 3 is 2.60 bits per heavy atom. The first kappa shape index (κ1) is 24.8. The molecule has 1 aromatic heterocycles. The van der Waals surface area contributed by atoms with Crippen LogP contribution >= 0.6 is 0 Å². The lowest BCUT2D eigenvalue weighted by Gasteiger charge is -2.44. The van der Waals surface area contributed by atoms with Crippen molar-refractivity contribution in [3.05, 3.63) is 47.3 Å². The molecule has 0 radical (unpaired) electrons. The van der Waals surface area contributed by atoms with Gasteiger partial charge < -0.3 is 19.7 Å². The highest BCUT2D eigenvalue weighted by Gasteiger charge is 2.49. The molecule has 35 heavy (non-hydrogen) atoms. The fraction of sp³-hybridized carbons (Fsp3) is 0.538. The summed E-state index contributed by atoms with van der Waals surface area (Å²) in [6.45, 7) is 6.38. The van der Waals surface area contributed by atoms with E-state index in [1.165, 1.54) is 17.2 Å². The maximum Gasteiger partial charge on any atom is 0.358 e. The predicted molar refractivity (Wildman–Crippen MR) is 129 cm³/mol. The second-order valence-corrected chi connectivity index (χ2v) is 9.31. The largest absolute Gasteiger partial charge is 0.494 e. The van der Waals surface area contributed by atoms with Gasteiger partial charge in [-0.05, 0) is 39.7 Å². The Kier molecular flexibility index (Phi) is 7.42. The third-order valence-electron chi connectivity index (χ3n) is 6.81. The number of ether oxygens (including phenoxy) is 2. The van der Waals surface area contributed by atoms with Gasteiger partial charge in [0.1, 0.15) is 17.0 Å². The molecule has 1 N–H and O–H groups in total. The van der Waals surface area contributed by atoms with Gasteiger partial charge >= 0.3 is 5.97 Å². The average molecular weight is 483 g/mol. The summed E-state index contributed by atoms with van der Waals surface area (Å²) in [5.74, 6) is -0.509. The van der Waals surface area contributed by atoms with Gasteiger partial charge in [0.25, 0.3) is 5.91 Å². The number of para-hydroxylation sites is 1. The molecule has 0 spiro atoms. The summed E-state index contributed by atoms with van der Waals surface area (Å²) in [6.07, 6.45) is 5.21. The van der Waals surface area contributed by atoms with Crippen molar-refractivity contribution in [3.63, 3.8) is 0 Å². The summed E-state index contributed by atoms with van der Waals surface area (Å²) in [4.78, 5) is 41.4. The molecule has 2 aromatic rings. The summed E-state index contributed by atoms with van der Waals surface area (Å²) in [5.41, 5.74) is -0.0941. The molecule has 9 heteroatoms. The highest BCUT2D eigenvalue weighted by molar-refractivity contribution is 6.01. The molecule has 1 aliphatic heterocycles. The predicted octanol–water partition coefficient (Wildman–Crippen LogP) is 3.32. The van der Waals surface area contributed by atoms with Crippen LogP contribution < -0.4 is 10.1 Å². The van der Waals surface area contributed by atoms with Crippen LogP contribution in [0.4, 0.5) is 0 Å². The number of aromatic nitrogens is 2. The fourth-order valence-electron chi connectivity index (χ4n) is 4.88. The first-order chi connectivity index (χ1) is 16.9. The smallest absolute Gasteiger partial charge is 0.358 e. The zero-order chi connectivity index (χ0) is 25.0. The molecule has 2 heterocycles. The quantitative estimate of drug-likeness (QED) is 0.579. The van der Waals surface area contributed by atoms with Crippen molar-refractivity contribution in [1.29, 1.82) is 0 Å². The standard InChI is InChI=1S/C26H34N4O5/c1-4-34-22-14-10-9-11-18(22)16-29-23(31)21-15-20(24(32)35-5-2)28-30(21)17-26(29,3)25(33)27-19-12-7-6-8-13-19/h9-11,14-15,19H,4-8,12-13,16-17H2,1-3H3,(H,27,33). The van der Waals surface area contributed by atoms with Crippen LogP contribution in [-0.2, 0) is 22.6 Å². The Morgan fingerprint density at radius 1 is 1.14 bits per heavy atom. The molecule has 2 aliphatic rings. The van der Waals surface area contributed by atoms with Crippen molar-refractivity contribution in [1.82, 2.24) is 20.0 Å². The van der Waals surface area contributed by atoms with Crippen LogP contribution in [0, 0.1) is 0 Å². The molecule has 2 amide bonds. The van der Waals surface area contributed by atoms with Gasteiger partial charge in [0.05, 0.1) is 26.3 Å². The normalized spacial score (nSPS) is 20.3. The van der Waals surface area contributed by atoms with Gasteiger partial charge in [-0.25, -0.2) is 4.79 Å². The first-order valence-corrected chi connectivity index (χ1v) is 12.5. The van der Waals surface area contributed by atoms with Crippen LogP contribution in [-0.4, -0.2) is 57.3 Å². The van der Waals surface area contributed by atoms with Gasteiger partial charge in [-0.3, -0.25) is 14.3 Å². The Hall–Kier alpha value is -3.36. The summed E-state index contributed by atoms with van der Waals surface area (Å²) >= 11 is 0. The maximum atomic E-state index is 13.8. The number of nitrogens with zero attached hydrogens (tertiary/aromatic N) is 3. The van der Waals surface area contributed by atoms with Gasteiger partial charge in [-0.1, -0.05) is 37.5 Å². The molecule has 4 rings (SSSR count). The highest BCUT2D eigenvalue weighted by Crippen LogP contribution is 2.32. The van der Waals surface area contributed by atoms with Crippen molar-refractivity contribution in [2.45, 2.75) is 77.5 Å². The minimum absolute atomic E-state index is 0.0572. The number of carbonyl (C=O) groups excluding carboxylic acids is 3. The molecule has 1 aromatic carbocycles. The molecule has 188 valence electrons. The van der Waals surface area contributed by atoms with Crippen molar-refractivity contribution >= 4 is 17.8 Å². The van der Waals surface area contributed by atoms with Gasteiger partial charge in [0.15, 0.2) is 5.69 Å². The lowest BCUT2D eigenvalue weighted by molar-refractivity contribution is -0.134. The minimum Gasteiger partial charge on any atom is -0.494 e. The van der Waals surface area contributed by atoms with E-state index in [9.17, 15) is 14.4 Å². The van der Waals surface area contributed by atoms with E-state index in [0.29, 0.717) is 12.4 Å². The third kappa shape index (κ3) is 5.04. The second kappa shape index (κ2) is 10.5. The molecular weight excluding hydrogens is 448 g/mol. The number of hydrogen-bond donors (Lipinski definition) is 1. The average Bonchev–Trinajstić information content (AvgIpc) is 3.28. The third-order valence-corrected chi connectivity index (χ3v) is 6.81. The number of fused-ring (bicyclic) bond motifs is 1. The van der Waals surface area contributed by atoms with E-state index in [-0.39, 0.29) is 48.9 Å². The highest BCUT2D eigenvalue weighted by atomic mass is 16.5. The minimum atomic E-state index is -1.21. The van der Waals surface area contributed by atoms with E-state index in [2.05, 4.69) is 10.4 Å². The van der Waals surface area contributed by atoms with Crippen LogP contribution in [0.1, 0.15) is 79.4 Å². The van der Waals surface area contributed by atoms with Crippen LogP contribution in [0.25, 0.3) is 0 Å². The molecule has 0 saturated heterocycles. The number of benzene rings is 1. The van der Waals surface area contributed by atoms with Crippen molar-refractivity contribution in [3.8, 4) is 5.75 Å². The Balaban J connectivity index is 1.70. The Labute approximate surface area is 205 Å². The van der Waals surface area contributed by atoms with Crippen molar-refractivity contribution < 1.29 is 23.9 Å². The number of esters is 1. The van der Waals surface area contributed by atoms with E-state index < -0.39 is 11.5 Å². The van der Waals surface area contributed by atoms with Crippen LogP contribution in [0.15, 0.2) is 30.3 Å². The first-order valence-electron chi connectivity index (χ1n) is 12.5. The van der Waals surface area contributed by atoms with Crippen molar-refractivity contribution in [2.75, 3.05) is 13.2 Å². The molecular formula is C26H34N4O5. The molecule has 9 nitrogen and oxygen atoms in total. The van der Waals surface area contributed by atoms with E-state index >= 15 is 0 Å². The molecule has 0 bridgehead atoms. The molecule has 1 aliphatic carbocycles. The van der Waals surface area contributed by atoms with E-state index in [4.69, 9.17) is 9.47 Å². The topological polar surface area (TPSA) is 103 Å². The Morgan fingerprint density at radius 2 is 1.89 bits per heavy atom. The van der Waals surface area contributed by atoms with Gasteiger partial charge in [-0.2, -0.15) is 5.10 Å². The summed E-state index contributed by atoms with van der Waals surface area (Å²) in [5, 5.41) is 7.51.